The van der Waals surface area contributed by atoms with Gasteiger partial charge in [0.15, 0.2) is 0 Å². The van der Waals surface area contributed by atoms with E-state index < -0.39 is 5.54 Å². The molecule has 2 aliphatic heterocycles. The van der Waals surface area contributed by atoms with E-state index in [9.17, 15) is 4.79 Å². The van der Waals surface area contributed by atoms with Gasteiger partial charge < -0.3 is 19.9 Å². The van der Waals surface area contributed by atoms with Gasteiger partial charge in [0, 0.05) is 32.4 Å². The standard InChI is InChI=1S/C19H29N3O2/c1-19(9-5-6-10-20-19)18(23)21(2)15-16-7-3-4-8-17(16)22-11-13-24-14-12-22/h3-4,7-8,20H,5-6,9-15H2,1-2H3/t19-/m0/s1. The Morgan fingerprint density at radius 1 is 1.29 bits per heavy atom. The minimum absolute atomic E-state index is 0.194. The average molecular weight is 331 g/mol. The van der Waals surface area contributed by atoms with Gasteiger partial charge in [-0.3, -0.25) is 4.79 Å². The van der Waals surface area contributed by atoms with Crippen LogP contribution in [0.5, 0.6) is 0 Å². The summed E-state index contributed by atoms with van der Waals surface area (Å²) in [7, 11) is 1.92. The third-order valence-electron chi connectivity index (χ3n) is 5.19. The molecule has 132 valence electrons. The number of nitrogens with zero attached hydrogens (tertiary/aromatic N) is 2. The summed E-state index contributed by atoms with van der Waals surface area (Å²) in [6.07, 6.45) is 3.20. The lowest BCUT2D eigenvalue weighted by Crippen LogP contribution is -2.57. The van der Waals surface area contributed by atoms with Crippen LogP contribution < -0.4 is 10.2 Å². The Bertz CT molecular complexity index is 563. The van der Waals surface area contributed by atoms with E-state index in [1.54, 1.807) is 0 Å². The number of carbonyl (C=O) groups is 1. The summed E-state index contributed by atoms with van der Waals surface area (Å²) in [6, 6.07) is 8.41. The summed E-state index contributed by atoms with van der Waals surface area (Å²) >= 11 is 0. The highest BCUT2D eigenvalue weighted by molar-refractivity contribution is 5.86. The Balaban J connectivity index is 1.72. The van der Waals surface area contributed by atoms with Crippen molar-refractivity contribution in [2.75, 3.05) is 44.8 Å². The molecule has 24 heavy (non-hydrogen) atoms. The van der Waals surface area contributed by atoms with Crippen LogP contribution in [0.2, 0.25) is 0 Å². The van der Waals surface area contributed by atoms with E-state index in [-0.39, 0.29) is 5.91 Å². The molecular formula is C19H29N3O2. The number of rotatable bonds is 4. The van der Waals surface area contributed by atoms with E-state index in [4.69, 9.17) is 4.74 Å². The molecule has 0 bridgehead atoms. The molecular weight excluding hydrogens is 302 g/mol. The number of amides is 1. The third kappa shape index (κ3) is 3.73. The van der Waals surface area contributed by atoms with Crippen LogP contribution in [0.25, 0.3) is 0 Å². The second-order valence-corrected chi connectivity index (χ2v) is 7.11. The Hall–Kier alpha value is -1.59. The fraction of sp³-hybridized carbons (Fsp3) is 0.632. The first-order valence-corrected chi connectivity index (χ1v) is 9.01. The number of carbonyl (C=O) groups excluding carboxylic acids is 1. The number of hydrogen-bond acceptors (Lipinski definition) is 4. The Labute approximate surface area is 145 Å². The van der Waals surface area contributed by atoms with Crippen LogP contribution in [0.15, 0.2) is 24.3 Å². The average Bonchev–Trinajstić information content (AvgIpc) is 2.63. The molecule has 3 rings (SSSR count). The van der Waals surface area contributed by atoms with Crippen LogP contribution >= 0.6 is 0 Å². The molecule has 0 aromatic heterocycles. The maximum absolute atomic E-state index is 12.9. The van der Waals surface area contributed by atoms with Crippen LogP contribution in [-0.2, 0) is 16.1 Å². The fourth-order valence-electron chi connectivity index (χ4n) is 3.74. The van der Waals surface area contributed by atoms with Gasteiger partial charge in [-0.05, 0) is 44.4 Å². The number of piperidine rings is 1. The molecule has 2 heterocycles. The molecule has 1 aromatic rings. The molecule has 1 aromatic carbocycles. The van der Waals surface area contributed by atoms with Crippen molar-refractivity contribution in [3.8, 4) is 0 Å². The first-order valence-electron chi connectivity index (χ1n) is 9.01. The fourth-order valence-corrected chi connectivity index (χ4v) is 3.74. The van der Waals surface area contributed by atoms with Crippen LogP contribution in [0.3, 0.4) is 0 Å². The van der Waals surface area contributed by atoms with E-state index in [1.165, 1.54) is 11.3 Å². The van der Waals surface area contributed by atoms with Gasteiger partial charge in [-0.2, -0.15) is 0 Å². The first-order chi connectivity index (χ1) is 11.6. The van der Waals surface area contributed by atoms with E-state index in [0.29, 0.717) is 6.54 Å². The second-order valence-electron chi connectivity index (χ2n) is 7.11. The van der Waals surface area contributed by atoms with Crippen molar-refractivity contribution >= 4 is 11.6 Å². The van der Waals surface area contributed by atoms with Gasteiger partial charge in [-0.25, -0.2) is 0 Å². The zero-order valence-electron chi connectivity index (χ0n) is 14.9. The minimum atomic E-state index is -0.416. The molecule has 2 fully saturated rings. The van der Waals surface area contributed by atoms with Gasteiger partial charge in [0.2, 0.25) is 5.91 Å². The van der Waals surface area contributed by atoms with Crippen molar-refractivity contribution in [1.82, 2.24) is 10.2 Å². The molecule has 1 N–H and O–H groups in total. The van der Waals surface area contributed by atoms with Crippen molar-refractivity contribution in [3.63, 3.8) is 0 Å². The topological polar surface area (TPSA) is 44.8 Å². The molecule has 0 aliphatic carbocycles. The number of hydrogen-bond donors (Lipinski definition) is 1. The molecule has 5 heteroatoms. The number of morpholine rings is 1. The molecule has 5 nitrogen and oxygen atoms in total. The smallest absolute Gasteiger partial charge is 0.242 e. The number of benzene rings is 1. The van der Waals surface area contributed by atoms with Gasteiger partial charge in [-0.1, -0.05) is 18.2 Å². The number of anilines is 1. The number of ether oxygens (including phenoxy) is 1. The van der Waals surface area contributed by atoms with Gasteiger partial charge in [0.05, 0.1) is 18.8 Å². The SMILES string of the molecule is CN(Cc1ccccc1N1CCOCC1)C(=O)[C@]1(C)CCCCN1. The lowest BCUT2D eigenvalue weighted by molar-refractivity contribution is -0.137. The summed E-state index contributed by atoms with van der Waals surface area (Å²) in [5, 5.41) is 3.42. The highest BCUT2D eigenvalue weighted by atomic mass is 16.5. The van der Waals surface area contributed by atoms with Crippen molar-refractivity contribution in [2.45, 2.75) is 38.3 Å². The Morgan fingerprint density at radius 2 is 2.04 bits per heavy atom. The van der Waals surface area contributed by atoms with Crippen molar-refractivity contribution in [3.05, 3.63) is 29.8 Å². The number of para-hydroxylation sites is 1. The van der Waals surface area contributed by atoms with Gasteiger partial charge in [0.25, 0.3) is 0 Å². The van der Waals surface area contributed by atoms with Crippen LogP contribution in [0.1, 0.15) is 31.7 Å². The van der Waals surface area contributed by atoms with E-state index in [1.807, 2.05) is 18.9 Å². The normalized spacial score (nSPS) is 24.7. The van der Waals surface area contributed by atoms with Gasteiger partial charge in [-0.15, -0.1) is 0 Å². The first kappa shape index (κ1) is 17.2. The van der Waals surface area contributed by atoms with Crippen LogP contribution in [0.4, 0.5) is 5.69 Å². The third-order valence-corrected chi connectivity index (χ3v) is 5.19. The van der Waals surface area contributed by atoms with Crippen molar-refractivity contribution in [2.24, 2.45) is 0 Å². The summed E-state index contributed by atoms with van der Waals surface area (Å²) < 4.78 is 5.46. The lowest BCUT2D eigenvalue weighted by atomic mass is 9.89. The molecule has 0 unspecified atom stereocenters. The summed E-state index contributed by atoms with van der Waals surface area (Å²) in [5.74, 6) is 0.194. The Kier molecular flexibility index (Phi) is 5.41. The molecule has 1 atom stereocenters. The predicted molar refractivity (Wildman–Crippen MR) is 96.2 cm³/mol. The van der Waals surface area contributed by atoms with Crippen LogP contribution in [0, 0.1) is 0 Å². The molecule has 0 radical (unpaired) electrons. The molecule has 2 saturated heterocycles. The van der Waals surface area contributed by atoms with Gasteiger partial charge in [0.1, 0.15) is 0 Å². The zero-order valence-corrected chi connectivity index (χ0v) is 14.9. The van der Waals surface area contributed by atoms with Crippen molar-refractivity contribution in [1.29, 1.82) is 0 Å². The van der Waals surface area contributed by atoms with Crippen LogP contribution in [-0.4, -0.2) is 56.2 Å². The summed E-state index contributed by atoms with van der Waals surface area (Å²) in [6.45, 7) is 6.97. The molecule has 0 saturated carbocycles. The monoisotopic (exact) mass is 331 g/mol. The maximum atomic E-state index is 12.9. The van der Waals surface area contributed by atoms with Gasteiger partial charge >= 0.3 is 0 Å². The quantitative estimate of drug-likeness (QED) is 0.917. The predicted octanol–water partition coefficient (Wildman–Crippen LogP) is 2.01. The highest BCUT2D eigenvalue weighted by Gasteiger charge is 2.36. The van der Waals surface area contributed by atoms with E-state index in [2.05, 4.69) is 34.5 Å². The lowest BCUT2D eigenvalue weighted by Gasteiger charge is -2.37. The van der Waals surface area contributed by atoms with E-state index >= 15 is 0 Å². The zero-order chi connectivity index (χ0) is 17.0. The highest BCUT2D eigenvalue weighted by Crippen LogP contribution is 2.25. The largest absolute Gasteiger partial charge is 0.378 e. The number of likely N-dealkylation sites (N-methyl/N-ethyl adjacent to an activating group) is 1. The second kappa shape index (κ2) is 7.53. The molecule has 0 spiro atoms. The minimum Gasteiger partial charge on any atom is -0.378 e. The Morgan fingerprint density at radius 3 is 2.75 bits per heavy atom. The maximum Gasteiger partial charge on any atom is 0.242 e. The van der Waals surface area contributed by atoms with E-state index in [0.717, 1.165) is 52.1 Å². The number of nitrogens with one attached hydrogen (secondary N) is 1. The van der Waals surface area contributed by atoms with Crippen molar-refractivity contribution < 1.29 is 9.53 Å². The molecule has 1 amide bonds. The summed E-state index contributed by atoms with van der Waals surface area (Å²) in [5.41, 5.74) is 2.01. The molecule has 2 aliphatic rings. The summed E-state index contributed by atoms with van der Waals surface area (Å²) in [4.78, 5) is 17.2.